The van der Waals surface area contributed by atoms with Crippen LogP contribution in [0, 0.1) is 11.7 Å². The number of halogens is 1. The number of nitrogens with one attached hydrogen (secondary N) is 1. The monoisotopic (exact) mass is 286 g/mol. The van der Waals surface area contributed by atoms with Crippen LogP contribution in [0.4, 0.5) is 4.39 Å². The van der Waals surface area contributed by atoms with Gasteiger partial charge in [-0.3, -0.25) is 0 Å². The normalized spacial score (nSPS) is 25.4. The van der Waals surface area contributed by atoms with Crippen molar-refractivity contribution in [2.45, 2.75) is 24.3 Å². The maximum absolute atomic E-state index is 13.2. The molecule has 1 aromatic carbocycles. The van der Waals surface area contributed by atoms with E-state index < -0.39 is 15.8 Å². The van der Waals surface area contributed by atoms with Gasteiger partial charge in [-0.15, -0.1) is 0 Å². The van der Waals surface area contributed by atoms with E-state index in [2.05, 4.69) is 5.32 Å². The second-order valence-corrected chi connectivity index (χ2v) is 6.92. The summed E-state index contributed by atoms with van der Waals surface area (Å²) in [6.07, 6.45) is 0.770. The maximum atomic E-state index is 13.2. The second-order valence-electron chi connectivity index (χ2n) is 4.98. The van der Waals surface area contributed by atoms with Crippen molar-refractivity contribution in [2.75, 3.05) is 20.1 Å². The van der Waals surface area contributed by atoms with Crippen molar-refractivity contribution in [1.29, 1.82) is 0 Å². The largest absolute Gasteiger partial charge is 0.317 e. The van der Waals surface area contributed by atoms with E-state index in [1.807, 2.05) is 14.0 Å². The summed E-state index contributed by atoms with van der Waals surface area (Å²) in [7, 11) is -1.70. The number of rotatable bonds is 3. The predicted molar refractivity (Wildman–Crippen MR) is 71.8 cm³/mol. The van der Waals surface area contributed by atoms with E-state index in [4.69, 9.17) is 0 Å². The number of benzene rings is 1. The quantitative estimate of drug-likeness (QED) is 0.915. The molecular weight excluding hydrogens is 267 g/mol. The minimum atomic E-state index is -3.58. The minimum absolute atomic E-state index is 0.0302. The highest BCUT2D eigenvalue weighted by atomic mass is 32.2. The van der Waals surface area contributed by atoms with Gasteiger partial charge in [-0.05, 0) is 37.6 Å². The Morgan fingerprint density at radius 2 is 2.16 bits per heavy atom. The fourth-order valence-corrected chi connectivity index (χ4v) is 4.12. The molecule has 0 spiro atoms. The standard InChI is InChI=1S/C13H19FN2O2S/c1-10-9-16(7-6-13(10)15-2)19(17,18)12-5-3-4-11(14)8-12/h3-5,8,10,13,15H,6-7,9H2,1-2H3. The van der Waals surface area contributed by atoms with E-state index in [1.54, 1.807) is 0 Å². The molecule has 19 heavy (non-hydrogen) atoms. The first-order chi connectivity index (χ1) is 8.95. The molecule has 0 aliphatic carbocycles. The molecule has 2 atom stereocenters. The number of hydrogen-bond donors (Lipinski definition) is 1. The molecule has 0 aromatic heterocycles. The summed E-state index contributed by atoms with van der Waals surface area (Å²) in [5.74, 6) is -0.290. The Morgan fingerprint density at radius 3 is 2.74 bits per heavy atom. The van der Waals surface area contributed by atoms with Crippen LogP contribution in [0.5, 0.6) is 0 Å². The van der Waals surface area contributed by atoms with Crippen LogP contribution in [0.25, 0.3) is 0 Å². The number of nitrogens with zero attached hydrogens (tertiary/aromatic N) is 1. The van der Waals surface area contributed by atoms with Gasteiger partial charge in [0, 0.05) is 19.1 Å². The van der Waals surface area contributed by atoms with E-state index >= 15 is 0 Å². The first kappa shape index (κ1) is 14.4. The van der Waals surface area contributed by atoms with Gasteiger partial charge in [0.05, 0.1) is 4.90 Å². The van der Waals surface area contributed by atoms with E-state index in [0.29, 0.717) is 19.1 Å². The highest BCUT2D eigenvalue weighted by molar-refractivity contribution is 7.89. The van der Waals surface area contributed by atoms with Crippen LogP contribution >= 0.6 is 0 Å². The van der Waals surface area contributed by atoms with Crippen LogP contribution in [0.1, 0.15) is 13.3 Å². The van der Waals surface area contributed by atoms with Crippen molar-refractivity contribution in [3.8, 4) is 0 Å². The highest BCUT2D eigenvalue weighted by Crippen LogP contribution is 2.24. The smallest absolute Gasteiger partial charge is 0.243 e. The minimum Gasteiger partial charge on any atom is -0.317 e. The Bertz CT molecular complexity index is 547. The van der Waals surface area contributed by atoms with Crippen molar-refractivity contribution >= 4 is 10.0 Å². The topological polar surface area (TPSA) is 49.4 Å². The van der Waals surface area contributed by atoms with E-state index in [9.17, 15) is 12.8 Å². The lowest BCUT2D eigenvalue weighted by atomic mass is 9.96. The lowest BCUT2D eigenvalue weighted by Crippen LogP contribution is -2.49. The van der Waals surface area contributed by atoms with E-state index in [-0.39, 0.29) is 10.8 Å². The van der Waals surface area contributed by atoms with Crippen molar-refractivity contribution in [3.63, 3.8) is 0 Å². The van der Waals surface area contributed by atoms with Crippen LogP contribution < -0.4 is 5.32 Å². The molecule has 1 aromatic rings. The number of sulfonamides is 1. The average molecular weight is 286 g/mol. The van der Waals surface area contributed by atoms with Crippen LogP contribution in [0.15, 0.2) is 29.2 Å². The van der Waals surface area contributed by atoms with E-state index in [1.165, 1.54) is 22.5 Å². The van der Waals surface area contributed by atoms with Gasteiger partial charge in [0.2, 0.25) is 10.0 Å². The Hall–Kier alpha value is -0.980. The molecule has 0 radical (unpaired) electrons. The highest BCUT2D eigenvalue weighted by Gasteiger charge is 2.32. The van der Waals surface area contributed by atoms with Gasteiger partial charge >= 0.3 is 0 Å². The molecule has 1 heterocycles. The summed E-state index contributed by atoms with van der Waals surface area (Å²) < 4.78 is 39.4. The molecule has 2 rings (SSSR count). The Kier molecular flexibility index (Phi) is 4.23. The molecule has 1 N–H and O–H groups in total. The van der Waals surface area contributed by atoms with Gasteiger partial charge < -0.3 is 5.32 Å². The zero-order valence-corrected chi connectivity index (χ0v) is 12.0. The van der Waals surface area contributed by atoms with Gasteiger partial charge in [-0.25, -0.2) is 12.8 Å². The number of hydrogen-bond acceptors (Lipinski definition) is 3. The third-order valence-electron chi connectivity index (χ3n) is 3.67. The van der Waals surface area contributed by atoms with Gasteiger partial charge in [0.15, 0.2) is 0 Å². The summed E-state index contributed by atoms with van der Waals surface area (Å²) in [6, 6.07) is 5.51. The fraction of sp³-hybridized carbons (Fsp3) is 0.538. The van der Waals surface area contributed by atoms with Gasteiger partial charge in [-0.2, -0.15) is 4.31 Å². The molecule has 1 aliphatic rings. The van der Waals surface area contributed by atoms with Gasteiger partial charge in [0.1, 0.15) is 5.82 Å². The van der Waals surface area contributed by atoms with Crippen molar-refractivity contribution in [2.24, 2.45) is 5.92 Å². The fourth-order valence-electron chi connectivity index (χ4n) is 2.53. The Labute approximate surface area is 113 Å². The molecule has 0 amide bonds. The van der Waals surface area contributed by atoms with Crippen LogP contribution in [0.3, 0.4) is 0 Å². The zero-order valence-electron chi connectivity index (χ0n) is 11.1. The molecule has 1 saturated heterocycles. The molecule has 1 fully saturated rings. The van der Waals surface area contributed by atoms with Crippen molar-refractivity contribution in [3.05, 3.63) is 30.1 Å². The summed E-state index contributed by atoms with van der Waals surface area (Å²) >= 11 is 0. The first-order valence-electron chi connectivity index (χ1n) is 6.38. The van der Waals surface area contributed by atoms with Gasteiger partial charge in [-0.1, -0.05) is 13.0 Å². The third kappa shape index (κ3) is 2.96. The van der Waals surface area contributed by atoms with Gasteiger partial charge in [0.25, 0.3) is 0 Å². The van der Waals surface area contributed by atoms with Crippen molar-refractivity contribution in [1.82, 2.24) is 9.62 Å². The lowest BCUT2D eigenvalue weighted by molar-refractivity contribution is 0.228. The summed E-state index contributed by atoms with van der Waals surface area (Å²) in [5, 5.41) is 3.19. The molecule has 2 unspecified atom stereocenters. The van der Waals surface area contributed by atoms with E-state index in [0.717, 1.165) is 12.5 Å². The molecule has 0 bridgehead atoms. The van der Waals surface area contributed by atoms with Crippen molar-refractivity contribution < 1.29 is 12.8 Å². The SMILES string of the molecule is CNC1CCN(S(=O)(=O)c2cccc(F)c2)CC1C. The second kappa shape index (κ2) is 5.56. The zero-order chi connectivity index (χ0) is 14.0. The summed E-state index contributed by atoms with van der Waals surface area (Å²) in [6.45, 7) is 2.95. The molecule has 1 aliphatic heterocycles. The van der Waals surface area contributed by atoms with Crippen LogP contribution in [0.2, 0.25) is 0 Å². The van der Waals surface area contributed by atoms with Crippen LogP contribution in [-0.2, 0) is 10.0 Å². The molecule has 6 heteroatoms. The lowest BCUT2D eigenvalue weighted by Gasteiger charge is -2.35. The average Bonchev–Trinajstić information content (AvgIpc) is 2.38. The van der Waals surface area contributed by atoms with Crippen LogP contribution in [-0.4, -0.2) is 38.9 Å². The molecule has 0 saturated carbocycles. The summed E-state index contributed by atoms with van der Waals surface area (Å²) in [5.41, 5.74) is 0. The predicted octanol–water partition coefficient (Wildman–Crippen LogP) is 1.44. The Balaban J connectivity index is 2.22. The summed E-state index contributed by atoms with van der Waals surface area (Å²) in [4.78, 5) is 0.0302. The molecule has 4 nitrogen and oxygen atoms in total. The first-order valence-corrected chi connectivity index (χ1v) is 7.82. The molecular formula is C13H19FN2O2S. The maximum Gasteiger partial charge on any atom is 0.243 e. The Morgan fingerprint density at radius 1 is 1.42 bits per heavy atom. The third-order valence-corrected chi connectivity index (χ3v) is 5.53. The molecule has 106 valence electrons. The number of piperidine rings is 1.